The van der Waals surface area contributed by atoms with Crippen LogP contribution in [0.4, 0.5) is 5.69 Å². The number of thiophene rings is 1. The maximum atomic E-state index is 12.5. The fourth-order valence-electron chi connectivity index (χ4n) is 2.89. The number of imide groups is 1. The van der Waals surface area contributed by atoms with Crippen molar-refractivity contribution in [2.24, 2.45) is 11.8 Å². The third-order valence-electron chi connectivity index (χ3n) is 3.87. The average molecular weight is 291 g/mol. The molecule has 1 aromatic rings. The monoisotopic (exact) mass is 291 g/mol. The topological polar surface area (TPSA) is 74.7 Å². The summed E-state index contributed by atoms with van der Waals surface area (Å²) in [6.45, 7) is 1.72. The smallest absolute Gasteiger partial charge is 0.348 e. The minimum atomic E-state index is -1.10. The van der Waals surface area contributed by atoms with E-state index in [2.05, 4.69) is 0 Å². The fraction of sp³-hybridized carbons (Fsp3) is 0.357. The number of carboxylic acids is 1. The Morgan fingerprint density at radius 1 is 1.25 bits per heavy atom. The zero-order valence-corrected chi connectivity index (χ0v) is 11.6. The summed E-state index contributed by atoms with van der Waals surface area (Å²) in [5.74, 6) is -2.32. The second-order valence-corrected chi connectivity index (χ2v) is 5.95. The van der Waals surface area contributed by atoms with E-state index in [1.54, 1.807) is 12.3 Å². The molecule has 1 aromatic heterocycles. The first-order chi connectivity index (χ1) is 9.52. The van der Waals surface area contributed by atoms with Crippen LogP contribution in [0.2, 0.25) is 0 Å². The number of fused-ring (bicyclic) bond motifs is 1. The van der Waals surface area contributed by atoms with Gasteiger partial charge in [-0.05, 0) is 30.7 Å². The van der Waals surface area contributed by atoms with Crippen LogP contribution >= 0.6 is 11.3 Å². The highest BCUT2D eigenvalue weighted by Gasteiger charge is 2.49. The molecule has 2 amide bonds. The quantitative estimate of drug-likeness (QED) is 0.669. The van der Waals surface area contributed by atoms with Crippen molar-refractivity contribution in [3.8, 4) is 0 Å². The molecule has 0 spiro atoms. The van der Waals surface area contributed by atoms with Crippen molar-refractivity contribution >= 4 is 34.8 Å². The highest BCUT2D eigenvalue weighted by atomic mass is 32.1. The lowest BCUT2D eigenvalue weighted by atomic mass is 9.85. The number of hydrogen-bond acceptors (Lipinski definition) is 4. The summed E-state index contributed by atoms with van der Waals surface area (Å²) in [7, 11) is 0. The molecule has 0 saturated carbocycles. The van der Waals surface area contributed by atoms with Crippen LogP contribution in [0.5, 0.6) is 0 Å². The average Bonchev–Trinajstić information content (AvgIpc) is 2.91. The number of anilines is 1. The van der Waals surface area contributed by atoms with Gasteiger partial charge >= 0.3 is 5.97 Å². The summed E-state index contributed by atoms with van der Waals surface area (Å²) < 4.78 is 0. The largest absolute Gasteiger partial charge is 0.477 e. The van der Waals surface area contributed by atoms with Gasteiger partial charge in [0, 0.05) is 0 Å². The maximum Gasteiger partial charge on any atom is 0.348 e. The summed E-state index contributed by atoms with van der Waals surface area (Å²) in [4.78, 5) is 37.3. The molecule has 0 radical (unpaired) electrons. The second-order valence-electron chi connectivity index (χ2n) is 5.07. The number of hydrogen-bond donors (Lipinski definition) is 1. The predicted molar refractivity (Wildman–Crippen MR) is 73.9 cm³/mol. The summed E-state index contributed by atoms with van der Waals surface area (Å²) >= 11 is 1.05. The standard InChI is InChI=1S/C14H13NO4S/c1-7-6-20-11(14(18)19)10(7)15-12(16)8-4-2-3-5-9(8)13(15)17/h2-3,6,8-9H,4-5H2,1H3,(H,18,19). The predicted octanol–water partition coefficient (Wildman–Crippen LogP) is 2.21. The third-order valence-corrected chi connectivity index (χ3v) is 4.94. The second kappa shape index (κ2) is 4.56. The minimum absolute atomic E-state index is 0.0517. The molecule has 1 aliphatic heterocycles. The maximum absolute atomic E-state index is 12.5. The van der Waals surface area contributed by atoms with Crippen LogP contribution in [0, 0.1) is 18.8 Å². The van der Waals surface area contributed by atoms with Gasteiger partial charge in [0.2, 0.25) is 11.8 Å². The Hall–Kier alpha value is -1.95. The third kappa shape index (κ3) is 1.71. The summed E-state index contributed by atoms with van der Waals surface area (Å²) in [5.41, 5.74) is 0.910. The SMILES string of the molecule is Cc1csc(C(=O)O)c1N1C(=O)C2CC=CCC2C1=O. The Morgan fingerprint density at radius 2 is 1.80 bits per heavy atom. The first-order valence-electron chi connectivity index (χ1n) is 6.36. The van der Waals surface area contributed by atoms with Gasteiger partial charge in [0.1, 0.15) is 4.88 Å². The number of carboxylic acid groups (broad SMARTS) is 1. The summed E-state index contributed by atoms with van der Waals surface area (Å²) in [6, 6.07) is 0. The van der Waals surface area contributed by atoms with Crippen molar-refractivity contribution in [3.05, 3.63) is 28.0 Å². The molecule has 2 unspecified atom stereocenters. The van der Waals surface area contributed by atoms with E-state index in [0.29, 0.717) is 18.4 Å². The lowest BCUT2D eigenvalue weighted by Gasteiger charge is -2.15. The Morgan fingerprint density at radius 3 is 2.30 bits per heavy atom. The fourth-order valence-corrected chi connectivity index (χ4v) is 3.76. The number of amides is 2. The van der Waals surface area contributed by atoms with E-state index in [1.165, 1.54) is 0 Å². The molecule has 2 atom stereocenters. The molecule has 2 aliphatic rings. The number of aromatic carboxylic acids is 1. The van der Waals surface area contributed by atoms with Gasteiger partial charge in [0.25, 0.3) is 0 Å². The van der Waals surface area contributed by atoms with Crippen LogP contribution < -0.4 is 4.90 Å². The van der Waals surface area contributed by atoms with Gasteiger partial charge in [0.15, 0.2) is 0 Å². The van der Waals surface area contributed by atoms with E-state index in [0.717, 1.165) is 16.2 Å². The normalized spacial score (nSPS) is 25.1. The molecular formula is C14H13NO4S. The molecule has 1 fully saturated rings. The van der Waals surface area contributed by atoms with Gasteiger partial charge in [0.05, 0.1) is 17.5 Å². The lowest BCUT2D eigenvalue weighted by Crippen LogP contribution is -2.32. The van der Waals surface area contributed by atoms with E-state index in [9.17, 15) is 19.5 Å². The van der Waals surface area contributed by atoms with Crippen LogP contribution in [0.3, 0.4) is 0 Å². The van der Waals surface area contributed by atoms with Crippen molar-refractivity contribution in [2.45, 2.75) is 19.8 Å². The molecular weight excluding hydrogens is 278 g/mol. The van der Waals surface area contributed by atoms with Gasteiger partial charge in [-0.1, -0.05) is 12.2 Å². The molecule has 1 saturated heterocycles. The highest BCUT2D eigenvalue weighted by molar-refractivity contribution is 7.12. The highest BCUT2D eigenvalue weighted by Crippen LogP contribution is 2.41. The summed E-state index contributed by atoms with van der Waals surface area (Å²) in [5, 5.41) is 10.9. The number of carbonyl (C=O) groups excluding carboxylic acids is 2. The van der Waals surface area contributed by atoms with Crippen LogP contribution in [0.1, 0.15) is 28.1 Å². The van der Waals surface area contributed by atoms with Gasteiger partial charge in [-0.2, -0.15) is 0 Å². The molecule has 6 heteroatoms. The number of nitrogens with zero attached hydrogens (tertiary/aromatic N) is 1. The lowest BCUT2D eigenvalue weighted by molar-refractivity contribution is -0.122. The van der Waals surface area contributed by atoms with Crippen LogP contribution in [-0.4, -0.2) is 22.9 Å². The Bertz CT molecular complexity index is 620. The molecule has 104 valence electrons. The van der Waals surface area contributed by atoms with Crippen molar-refractivity contribution in [2.75, 3.05) is 4.90 Å². The van der Waals surface area contributed by atoms with Gasteiger partial charge < -0.3 is 5.11 Å². The Balaban J connectivity index is 2.08. The van der Waals surface area contributed by atoms with Crippen molar-refractivity contribution < 1.29 is 19.5 Å². The number of rotatable bonds is 2. The Labute approximate surface area is 119 Å². The number of carbonyl (C=O) groups is 3. The van der Waals surface area contributed by atoms with Crippen molar-refractivity contribution in [1.29, 1.82) is 0 Å². The first kappa shape index (κ1) is 13.1. The van der Waals surface area contributed by atoms with Gasteiger partial charge in [-0.15, -0.1) is 11.3 Å². The van der Waals surface area contributed by atoms with Crippen LogP contribution in [-0.2, 0) is 9.59 Å². The zero-order valence-electron chi connectivity index (χ0n) is 10.8. The van der Waals surface area contributed by atoms with Crippen molar-refractivity contribution in [3.63, 3.8) is 0 Å². The Kier molecular flexibility index (Phi) is 2.97. The molecule has 0 aromatic carbocycles. The summed E-state index contributed by atoms with van der Waals surface area (Å²) in [6.07, 6.45) is 4.93. The minimum Gasteiger partial charge on any atom is -0.477 e. The number of allylic oxidation sites excluding steroid dienone is 2. The van der Waals surface area contributed by atoms with Crippen LogP contribution in [0.15, 0.2) is 17.5 Å². The van der Waals surface area contributed by atoms with Crippen molar-refractivity contribution in [1.82, 2.24) is 0 Å². The first-order valence-corrected chi connectivity index (χ1v) is 7.24. The van der Waals surface area contributed by atoms with Crippen LogP contribution in [0.25, 0.3) is 0 Å². The molecule has 1 N–H and O–H groups in total. The molecule has 5 nitrogen and oxygen atoms in total. The van der Waals surface area contributed by atoms with E-state index < -0.39 is 5.97 Å². The molecule has 20 heavy (non-hydrogen) atoms. The zero-order chi connectivity index (χ0) is 14.4. The molecule has 2 heterocycles. The molecule has 0 bridgehead atoms. The van der Waals surface area contributed by atoms with E-state index in [-0.39, 0.29) is 34.2 Å². The van der Waals surface area contributed by atoms with Gasteiger partial charge in [-0.25, -0.2) is 9.69 Å². The van der Waals surface area contributed by atoms with E-state index in [4.69, 9.17) is 0 Å². The van der Waals surface area contributed by atoms with E-state index in [1.807, 2.05) is 12.2 Å². The molecule has 3 rings (SSSR count). The number of aryl methyl sites for hydroxylation is 1. The molecule has 1 aliphatic carbocycles. The van der Waals surface area contributed by atoms with E-state index >= 15 is 0 Å². The van der Waals surface area contributed by atoms with Gasteiger partial charge in [-0.3, -0.25) is 9.59 Å².